The van der Waals surface area contributed by atoms with E-state index in [4.69, 9.17) is 9.72 Å². The van der Waals surface area contributed by atoms with Crippen LogP contribution in [0.4, 0.5) is 23.1 Å². The summed E-state index contributed by atoms with van der Waals surface area (Å²) in [5.74, 6) is 0.834. The largest absolute Gasteiger partial charge is 0.494 e. The third-order valence-electron chi connectivity index (χ3n) is 6.22. The Balaban J connectivity index is 1.55. The summed E-state index contributed by atoms with van der Waals surface area (Å²) in [5.41, 5.74) is 4.35. The molecule has 0 saturated carbocycles. The molecule has 0 aliphatic carbocycles. The number of nitrogens with zero attached hydrogens (tertiary/aromatic N) is 4. The number of nitrogens with one attached hydrogen (secondary N) is 3. The molecule has 2 amide bonds. The number of ether oxygens (including phenoxy) is 1. The minimum absolute atomic E-state index is 0.329. The molecular formula is C32H35N7O3. The lowest BCUT2D eigenvalue weighted by Gasteiger charge is -2.17. The van der Waals surface area contributed by atoms with Crippen molar-refractivity contribution in [2.24, 2.45) is 0 Å². The second kappa shape index (κ2) is 14.5. The van der Waals surface area contributed by atoms with Crippen molar-refractivity contribution in [1.29, 1.82) is 0 Å². The standard InChI is InChI=1S/C32H35N7O3/c1-5-15-42-27-10-8-9-23(18-27)28-13-14-33-32(37-28)36-26-17-22(21-39(4)7-3)16-25(19-26)35-31(41)24-11-12-29(34-20-24)38-30(40)6-2/h6,8-14,16-20H,2,5,7,15,21H2,1,3-4H3,(H,35,41)(H,33,36,37)(H,34,38,40). The SMILES string of the molecule is C=CC(=O)Nc1ccc(C(=O)Nc2cc(CN(C)CC)cc(Nc3nccc(-c4cccc(OCCC)c4)n3)c2)cn1. The highest BCUT2D eigenvalue weighted by Crippen LogP contribution is 2.26. The topological polar surface area (TPSA) is 121 Å². The Morgan fingerprint density at radius 2 is 1.83 bits per heavy atom. The number of aromatic nitrogens is 3. The summed E-state index contributed by atoms with van der Waals surface area (Å²) in [6.45, 7) is 9.77. The zero-order chi connectivity index (χ0) is 29.9. The van der Waals surface area contributed by atoms with Gasteiger partial charge >= 0.3 is 0 Å². The molecule has 216 valence electrons. The van der Waals surface area contributed by atoms with Gasteiger partial charge in [0, 0.05) is 35.9 Å². The lowest BCUT2D eigenvalue weighted by Crippen LogP contribution is -2.17. The summed E-state index contributed by atoms with van der Waals surface area (Å²) in [6, 6.07) is 18.6. The highest BCUT2D eigenvalue weighted by Gasteiger charge is 2.12. The Morgan fingerprint density at radius 1 is 1.00 bits per heavy atom. The molecule has 2 heterocycles. The molecule has 10 heteroatoms. The first-order valence-electron chi connectivity index (χ1n) is 13.7. The fourth-order valence-electron chi connectivity index (χ4n) is 4.01. The maximum atomic E-state index is 13.0. The Labute approximate surface area is 245 Å². The molecule has 0 unspecified atom stereocenters. The fourth-order valence-corrected chi connectivity index (χ4v) is 4.01. The highest BCUT2D eigenvalue weighted by molar-refractivity contribution is 6.04. The lowest BCUT2D eigenvalue weighted by atomic mass is 10.1. The van der Waals surface area contributed by atoms with Gasteiger partial charge in [-0.2, -0.15) is 0 Å². The van der Waals surface area contributed by atoms with Crippen molar-refractivity contribution < 1.29 is 14.3 Å². The van der Waals surface area contributed by atoms with Gasteiger partial charge in [0.05, 0.1) is 17.9 Å². The molecule has 0 aliphatic rings. The van der Waals surface area contributed by atoms with Gasteiger partial charge in [0.2, 0.25) is 11.9 Å². The van der Waals surface area contributed by atoms with Gasteiger partial charge in [-0.15, -0.1) is 0 Å². The second-order valence-corrected chi connectivity index (χ2v) is 9.60. The van der Waals surface area contributed by atoms with Crippen molar-refractivity contribution in [3.63, 3.8) is 0 Å². The van der Waals surface area contributed by atoms with Crippen LogP contribution in [0.2, 0.25) is 0 Å². The highest BCUT2D eigenvalue weighted by atomic mass is 16.5. The average molecular weight is 566 g/mol. The molecule has 0 bridgehead atoms. The fraction of sp³-hybridized carbons (Fsp3) is 0.219. The lowest BCUT2D eigenvalue weighted by molar-refractivity contribution is -0.111. The molecule has 0 spiro atoms. The molecule has 0 aliphatic heterocycles. The maximum Gasteiger partial charge on any atom is 0.257 e. The van der Waals surface area contributed by atoms with Crippen LogP contribution in [0.25, 0.3) is 11.3 Å². The molecule has 0 atom stereocenters. The van der Waals surface area contributed by atoms with Gasteiger partial charge < -0.3 is 25.6 Å². The van der Waals surface area contributed by atoms with Gasteiger partial charge in [0.25, 0.3) is 5.91 Å². The monoisotopic (exact) mass is 565 g/mol. The first-order chi connectivity index (χ1) is 20.4. The average Bonchev–Trinajstić information content (AvgIpc) is 3.00. The molecule has 42 heavy (non-hydrogen) atoms. The second-order valence-electron chi connectivity index (χ2n) is 9.60. The molecular weight excluding hydrogens is 530 g/mol. The third-order valence-corrected chi connectivity index (χ3v) is 6.22. The predicted molar refractivity (Wildman–Crippen MR) is 166 cm³/mol. The van der Waals surface area contributed by atoms with Crippen LogP contribution < -0.4 is 20.7 Å². The number of anilines is 4. The molecule has 10 nitrogen and oxygen atoms in total. The number of carbonyl (C=O) groups excluding carboxylic acids is 2. The summed E-state index contributed by atoms with van der Waals surface area (Å²) in [7, 11) is 2.03. The summed E-state index contributed by atoms with van der Waals surface area (Å²) in [6.07, 6.45) is 5.19. The van der Waals surface area contributed by atoms with Crippen molar-refractivity contribution in [2.45, 2.75) is 26.8 Å². The van der Waals surface area contributed by atoms with Crippen molar-refractivity contribution in [3.05, 3.63) is 96.8 Å². The van der Waals surface area contributed by atoms with Gasteiger partial charge in [-0.05, 0) is 80.2 Å². The van der Waals surface area contributed by atoms with Crippen molar-refractivity contribution >= 4 is 35.0 Å². The Bertz CT molecular complexity index is 1540. The van der Waals surface area contributed by atoms with Gasteiger partial charge in [0.1, 0.15) is 11.6 Å². The van der Waals surface area contributed by atoms with E-state index in [2.05, 4.69) is 51.2 Å². The zero-order valence-electron chi connectivity index (χ0n) is 24.1. The first-order valence-corrected chi connectivity index (χ1v) is 13.7. The van der Waals surface area contributed by atoms with Crippen LogP contribution in [0.15, 0.2) is 85.7 Å². The van der Waals surface area contributed by atoms with Crippen LogP contribution in [0, 0.1) is 0 Å². The van der Waals surface area contributed by atoms with Crippen molar-refractivity contribution in [2.75, 3.05) is 36.1 Å². The van der Waals surface area contributed by atoms with Gasteiger partial charge in [0.15, 0.2) is 0 Å². The molecule has 2 aromatic heterocycles. The Hall–Kier alpha value is -5.09. The van der Waals surface area contributed by atoms with E-state index in [0.717, 1.165) is 47.3 Å². The normalized spacial score (nSPS) is 10.7. The first kappa shape index (κ1) is 29.9. The van der Waals surface area contributed by atoms with Gasteiger partial charge in [-0.3, -0.25) is 9.59 Å². The third kappa shape index (κ3) is 8.45. The number of carbonyl (C=O) groups is 2. The van der Waals surface area contributed by atoms with E-state index in [-0.39, 0.29) is 11.8 Å². The van der Waals surface area contributed by atoms with E-state index in [1.165, 1.54) is 6.20 Å². The summed E-state index contributed by atoms with van der Waals surface area (Å²) < 4.78 is 5.78. The molecule has 0 saturated heterocycles. The summed E-state index contributed by atoms with van der Waals surface area (Å²) in [4.78, 5) is 40.0. The van der Waals surface area contributed by atoms with Crippen molar-refractivity contribution in [3.8, 4) is 17.0 Å². The maximum absolute atomic E-state index is 13.0. The minimum atomic E-state index is -0.377. The minimum Gasteiger partial charge on any atom is -0.494 e. The number of rotatable bonds is 13. The van der Waals surface area contributed by atoms with Crippen LogP contribution in [-0.2, 0) is 11.3 Å². The van der Waals surface area contributed by atoms with E-state index in [0.29, 0.717) is 36.2 Å². The van der Waals surface area contributed by atoms with Gasteiger partial charge in [-0.25, -0.2) is 15.0 Å². The van der Waals surface area contributed by atoms with E-state index in [9.17, 15) is 9.59 Å². The Kier molecular flexibility index (Phi) is 10.3. The van der Waals surface area contributed by atoms with Crippen molar-refractivity contribution in [1.82, 2.24) is 19.9 Å². The quantitative estimate of drug-likeness (QED) is 0.171. The molecule has 2 aromatic carbocycles. The van der Waals surface area contributed by atoms with Crippen LogP contribution in [0.1, 0.15) is 36.2 Å². The van der Waals surface area contributed by atoms with Crippen LogP contribution in [-0.4, -0.2) is 51.9 Å². The molecule has 4 rings (SSSR count). The van der Waals surface area contributed by atoms with E-state index >= 15 is 0 Å². The van der Waals surface area contributed by atoms with E-state index in [1.54, 1.807) is 18.3 Å². The summed E-state index contributed by atoms with van der Waals surface area (Å²) in [5, 5.41) is 8.81. The van der Waals surface area contributed by atoms with Crippen LogP contribution >= 0.6 is 0 Å². The van der Waals surface area contributed by atoms with E-state index < -0.39 is 0 Å². The van der Waals surface area contributed by atoms with Crippen LogP contribution in [0.5, 0.6) is 5.75 Å². The number of hydrogen-bond donors (Lipinski definition) is 3. The molecule has 0 fully saturated rings. The number of pyridine rings is 1. The predicted octanol–water partition coefficient (Wildman–Crippen LogP) is 5.90. The van der Waals surface area contributed by atoms with Gasteiger partial charge in [-0.1, -0.05) is 32.6 Å². The Morgan fingerprint density at radius 3 is 2.57 bits per heavy atom. The van der Waals surface area contributed by atoms with Crippen LogP contribution in [0.3, 0.4) is 0 Å². The number of amides is 2. The molecule has 4 aromatic rings. The molecule has 0 radical (unpaired) electrons. The number of hydrogen-bond acceptors (Lipinski definition) is 8. The smallest absolute Gasteiger partial charge is 0.257 e. The molecule has 3 N–H and O–H groups in total. The summed E-state index contributed by atoms with van der Waals surface area (Å²) >= 11 is 0. The zero-order valence-corrected chi connectivity index (χ0v) is 24.1. The number of benzene rings is 2. The van der Waals surface area contributed by atoms with E-state index in [1.807, 2.05) is 55.6 Å².